The number of rotatable bonds is 7. The third-order valence-corrected chi connectivity index (χ3v) is 5.24. The first kappa shape index (κ1) is 21.8. The number of nitrogens with zero attached hydrogens (tertiary/aromatic N) is 2. The predicted molar refractivity (Wildman–Crippen MR) is 114 cm³/mol. The van der Waals surface area contributed by atoms with Crippen LogP contribution in [0.2, 0.25) is 0 Å². The van der Waals surface area contributed by atoms with Gasteiger partial charge in [-0.05, 0) is 51.0 Å². The van der Waals surface area contributed by atoms with E-state index in [2.05, 4.69) is 10.3 Å². The van der Waals surface area contributed by atoms with E-state index in [1.807, 2.05) is 43.0 Å². The number of likely N-dealkylation sites (tertiary alicyclic amines) is 1. The molecule has 8 heteroatoms. The van der Waals surface area contributed by atoms with Crippen LogP contribution in [0.3, 0.4) is 0 Å². The monoisotopic (exact) mass is 414 g/mol. The van der Waals surface area contributed by atoms with Gasteiger partial charge in [-0.3, -0.25) is 9.59 Å². The predicted octanol–water partition coefficient (Wildman–Crippen LogP) is 2.58. The molecule has 2 amide bonds. The van der Waals surface area contributed by atoms with Crippen LogP contribution in [0.5, 0.6) is 5.75 Å². The van der Waals surface area contributed by atoms with Gasteiger partial charge in [0.1, 0.15) is 29.6 Å². The van der Waals surface area contributed by atoms with Gasteiger partial charge in [0.25, 0.3) is 5.91 Å². The van der Waals surface area contributed by atoms with Crippen molar-refractivity contribution in [3.63, 3.8) is 0 Å². The molecule has 0 bridgehead atoms. The standard InChI is InChI=1S/C22H30N4O4/c1-14(2)30-13-18(27)26-11-5-6-16(12-26)21-24-19(20(25-21)22(28)23-3)15-7-9-17(29-4)10-8-15/h7-10,14,16H,5-6,11-13H2,1-4H3,(H,23,28)(H,24,25)/t16-/m1/s1. The maximum Gasteiger partial charge on any atom is 0.269 e. The molecule has 1 atom stereocenters. The Bertz CT molecular complexity index is 876. The maximum atomic E-state index is 12.5. The summed E-state index contributed by atoms with van der Waals surface area (Å²) in [6, 6.07) is 7.44. The molecule has 0 spiro atoms. The highest BCUT2D eigenvalue weighted by Crippen LogP contribution is 2.30. The number of H-pyrrole nitrogens is 1. The molecular weight excluding hydrogens is 384 g/mol. The van der Waals surface area contributed by atoms with Crippen molar-refractivity contribution in [2.75, 3.05) is 33.9 Å². The fraction of sp³-hybridized carbons (Fsp3) is 0.500. The van der Waals surface area contributed by atoms with E-state index in [4.69, 9.17) is 14.5 Å². The van der Waals surface area contributed by atoms with Crippen molar-refractivity contribution in [3.05, 3.63) is 35.8 Å². The van der Waals surface area contributed by atoms with Gasteiger partial charge in [0.05, 0.1) is 13.2 Å². The van der Waals surface area contributed by atoms with Crippen molar-refractivity contribution in [1.82, 2.24) is 20.2 Å². The van der Waals surface area contributed by atoms with Crippen LogP contribution >= 0.6 is 0 Å². The SMILES string of the molecule is CNC(=O)c1[nH]c([C@@H]2CCCN(C(=O)COC(C)C)C2)nc1-c1ccc(OC)cc1. The molecule has 1 saturated heterocycles. The molecule has 0 radical (unpaired) electrons. The molecule has 2 aromatic rings. The average molecular weight is 415 g/mol. The van der Waals surface area contributed by atoms with E-state index in [9.17, 15) is 9.59 Å². The van der Waals surface area contributed by atoms with Gasteiger partial charge in [-0.1, -0.05) is 0 Å². The second-order valence-electron chi connectivity index (χ2n) is 7.69. The van der Waals surface area contributed by atoms with Crippen molar-refractivity contribution >= 4 is 11.8 Å². The number of piperidine rings is 1. The summed E-state index contributed by atoms with van der Waals surface area (Å²) in [5, 5.41) is 2.67. The van der Waals surface area contributed by atoms with Gasteiger partial charge in [-0.15, -0.1) is 0 Å². The van der Waals surface area contributed by atoms with E-state index in [0.717, 1.165) is 30.0 Å². The Morgan fingerprint density at radius 3 is 2.67 bits per heavy atom. The summed E-state index contributed by atoms with van der Waals surface area (Å²) in [4.78, 5) is 34.8. The summed E-state index contributed by atoms with van der Waals surface area (Å²) in [5.41, 5.74) is 1.84. The lowest BCUT2D eigenvalue weighted by Crippen LogP contribution is -2.41. The number of nitrogens with one attached hydrogen (secondary N) is 2. The number of carbonyl (C=O) groups is 2. The molecule has 3 rings (SSSR count). The van der Waals surface area contributed by atoms with Gasteiger partial charge in [0.15, 0.2) is 0 Å². The van der Waals surface area contributed by atoms with E-state index >= 15 is 0 Å². The molecule has 2 heterocycles. The quantitative estimate of drug-likeness (QED) is 0.726. The highest BCUT2D eigenvalue weighted by molar-refractivity contribution is 5.98. The van der Waals surface area contributed by atoms with Gasteiger partial charge in [0, 0.05) is 31.6 Å². The number of aromatic amines is 1. The van der Waals surface area contributed by atoms with E-state index in [1.165, 1.54) is 0 Å². The Morgan fingerprint density at radius 2 is 2.03 bits per heavy atom. The van der Waals surface area contributed by atoms with Gasteiger partial charge < -0.3 is 24.7 Å². The molecule has 1 aromatic carbocycles. The summed E-state index contributed by atoms with van der Waals surface area (Å²) >= 11 is 0. The van der Waals surface area contributed by atoms with Gasteiger partial charge >= 0.3 is 0 Å². The molecule has 0 saturated carbocycles. The maximum absolute atomic E-state index is 12.5. The summed E-state index contributed by atoms with van der Waals surface area (Å²) in [6.45, 7) is 5.18. The van der Waals surface area contributed by atoms with Gasteiger partial charge in [-0.2, -0.15) is 0 Å². The van der Waals surface area contributed by atoms with Crippen LogP contribution in [-0.2, 0) is 9.53 Å². The minimum absolute atomic E-state index is 0.0122. The molecule has 162 valence electrons. The van der Waals surface area contributed by atoms with Crippen LogP contribution in [0.4, 0.5) is 0 Å². The van der Waals surface area contributed by atoms with Crippen LogP contribution in [0, 0.1) is 0 Å². The lowest BCUT2D eigenvalue weighted by molar-refractivity contribution is -0.138. The normalized spacial score (nSPS) is 16.6. The van der Waals surface area contributed by atoms with Gasteiger partial charge in [-0.25, -0.2) is 4.98 Å². The zero-order chi connectivity index (χ0) is 21.7. The molecule has 1 aliphatic heterocycles. The van der Waals surface area contributed by atoms with Crippen molar-refractivity contribution in [1.29, 1.82) is 0 Å². The first-order chi connectivity index (χ1) is 14.4. The largest absolute Gasteiger partial charge is 0.497 e. The Morgan fingerprint density at radius 1 is 1.30 bits per heavy atom. The average Bonchev–Trinajstić information content (AvgIpc) is 3.22. The zero-order valence-corrected chi connectivity index (χ0v) is 18.0. The number of hydrogen-bond acceptors (Lipinski definition) is 5. The van der Waals surface area contributed by atoms with E-state index < -0.39 is 0 Å². The minimum atomic E-state index is -0.228. The number of methoxy groups -OCH3 is 1. The highest BCUT2D eigenvalue weighted by Gasteiger charge is 2.29. The Balaban J connectivity index is 1.83. The molecule has 8 nitrogen and oxygen atoms in total. The molecule has 2 N–H and O–H groups in total. The number of benzene rings is 1. The highest BCUT2D eigenvalue weighted by atomic mass is 16.5. The van der Waals surface area contributed by atoms with Crippen LogP contribution in [0.1, 0.15) is 48.9 Å². The molecule has 0 unspecified atom stereocenters. The first-order valence-electron chi connectivity index (χ1n) is 10.3. The zero-order valence-electron chi connectivity index (χ0n) is 18.0. The topological polar surface area (TPSA) is 96.6 Å². The minimum Gasteiger partial charge on any atom is -0.497 e. The number of carbonyl (C=O) groups excluding carboxylic acids is 2. The van der Waals surface area contributed by atoms with Crippen molar-refractivity contribution in [3.8, 4) is 17.0 Å². The van der Waals surface area contributed by atoms with Crippen LogP contribution in [0.15, 0.2) is 24.3 Å². The van der Waals surface area contributed by atoms with Gasteiger partial charge in [0.2, 0.25) is 5.91 Å². The third kappa shape index (κ3) is 4.99. The fourth-order valence-electron chi connectivity index (χ4n) is 3.59. The Hall–Kier alpha value is -2.87. The van der Waals surface area contributed by atoms with Crippen molar-refractivity contribution in [2.45, 2.75) is 38.7 Å². The summed E-state index contributed by atoms with van der Waals surface area (Å²) in [6.07, 6.45) is 1.80. The Labute approximate surface area is 177 Å². The summed E-state index contributed by atoms with van der Waals surface area (Å²) < 4.78 is 10.7. The second-order valence-corrected chi connectivity index (χ2v) is 7.69. The lowest BCUT2D eigenvalue weighted by atomic mass is 9.97. The number of hydrogen-bond donors (Lipinski definition) is 2. The smallest absolute Gasteiger partial charge is 0.269 e. The molecular formula is C22H30N4O4. The van der Waals surface area contributed by atoms with Crippen LogP contribution in [-0.4, -0.2) is 66.6 Å². The van der Waals surface area contributed by atoms with Crippen LogP contribution in [0.25, 0.3) is 11.3 Å². The number of imidazole rings is 1. The molecule has 1 fully saturated rings. The molecule has 1 aromatic heterocycles. The van der Waals surface area contributed by atoms with E-state index in [-0.39, 0.29) is 30.4 Å². The van der Waals surface area contributed by atoms with E-state index in [0.29, 0.717) is 24.5 Å². The molecule has 0 aliphatic carbocycles. The van der Waals surface area contributed by atoms with Crippen molar-refractivity contribution < 1.29 is 19.1 Å². The molecule has 1 aliphatic rings. The first-order valence-corrected chi connectivity index (χ1v) is 10.3. The second kappa shape index (κ2) is 9.75. The number of aromatic nitrogens is 2. The molecule has 30 heavy (non-hydrogen) atoms. The van der Waals surface area contributed by atoms with Crippen molar-refractivity contribution in [2.24, 2.45) is 0 Å². The summed E-state index contributed by atoms with van der Waals surface area (Å²) in [5.74, 6) is 1.26. The Kier molecular flexibility index (Phi) is 7.10. The van der Waals surface area contributed by atoms with Crippen LogP contribution < -0.4 is 10.1 Å². The summed E-state index contributed by atoms with van der Waals surface area (Å²) in [7, 11) is 3.20. The number of ether oxygens (including phenoxy) is 2. The lowest BCUT2D eigenvalue weighted by Gasteiger charge is -2.32. The van der Waals surface area contributed by atoms with E-state index in [1.54, 1.807) is 14.2 Å². The fourth-order valence-corrected chi connectivity index (χ4v) is 3.59. The number of amides is 2. The third-order valence-electron chi connectivity index (χ3n) is 5.24.